The standard InChI is InChI=1S/C16H32N4O3S2/c1-23-16-15(13-6-5-12(9-17-13)25(2,21)22)20-14(10-19-16)18-8-11-4-3-7-24-11/h11-20H,3-10H2,1-2H3. The summed E-state index contributed by atoms with van der Waals surface area (Å²) < 4.78 is 29.1. The Morgan fingerprint density at radius 2 is 2.04 bits per heavy atom. The van der Waals surface area contributed by atoms with Crippen molar-refractivity contribution in [2.24, 2.45) is 0 Å². The third-order valence-corrected chi connectivity index (χ3v) is 8.57. The second-order valence-electron chi connectivity index (χ2n) is 7.40. The van der Waals surface area contributed by atoms with Crippen molar-refractivity contribution in [2.45, 2.75) is 60.7 Å². The van der Waals surface area contributed by atoms with E-state index in [-0.39, 0.29) is 29.7 Å². The van der Waals surface area contributed by atoms with E-state index in [2.05, 4.69) is 33.0 Å². The van der Waals surface area contributed by atoms with Gasteiger partial charge in [0.15, 0.2) is 9.84 Å². The zero-order valence-electron chi connectivity index (χ0n) is 15.2. The second-order valence-corrected chi connectivity index (χ2v) is 11.1. The Morgan fingerprint density at radius 1 is 1.20 bits per heavy atom. The number of rotatable bonds is 6. The SMILES string of the molecule is COC1NCC(NCC2CCCS2)NC1C1CCC(S(C)(=O)=O)CN1. The van der Waals surface area contributed by atoms with Crippen LogP contribution in [0.25, 0.3) is 0 Å². The fourth-order valence-corrected chi connectivity index (χ4v) is 6.21. The van der Waals surface area contributed by atoms with E-state index in [1.807, 2.05) is 0 Å². The predicted octanol–water partition coefficient (Wildman–Crippen LogP) is -0.503. The van der Waals surface area contributed by atoms with Crippen LogP contribution in [0.2, 0.25) is 0 Å². The topological polar surface area (TPSA) is 91.5 Å². The highest BCUT2D eigenvalue weighted by atomic mass is 32.2. The molecule has 0 spiro atoms. The number of hydrogen-bond donors (Lipinski definition) is 4. The Kier molecular flexibility index (Phi) is 7.03. The van der Waals surface area contributed by atoms with Crippen LogP contribution in [-0.4, -0.2) is 82.1 Å². The number of methoxy groups -OCH3 is 1. The summed E-state index contributed by atoms with van der Waals surface area (Å²) in [6.45, 7) is 2.38. The van der Waals surface area contributed by atoms with Crippen molar-refractivity contribution in [3.05, 3.63) is 0 Å². The van der Waals surface area contributed by atoms with Crippen molar-refractivity contribution >= 4 is 21.6 Å². The lowest BCUT2D eigenvalue weighted by Gasteiger charge is -2.44. The molecule has 3 aliphatic rings. The van der Waals surface area contributed by atoms with Gasteiger partial charge in [-0.3, -0.25) is 16.0 Å². The van der Waals surface area contributed by atoms with Crippen molar-refractivity contribution in [2.75, 3.05) is 38.8 Å². The molecule has 0 radical (unpaired) electrons. The molecule has 0 saturated carbocycles. The van der Waals surface area contributed by atoms with Crippen molar-refractivity contribution in [3.63, 3.8) is 0 Å². The van der Waals surface area contributed by atoms with Crippen LogP contribution < -0.4 is 21.3 Å². The summed E-state index contributed by atoms with van der Waals surface area (Å²) >= 11 is 2.06. The molecule has 6 unspecified atom stereocenters. The van der Waals surface area contributed by atoms with E-state index in [1.165, 1.54) is 24.9 Å². The molecule has 25 heavy (non-hydrogen) atoms. The van der Waals surface area contributed by atoms with Crippen LogP contribution in [0.3, 0.4) is 0 Å². The first-order valence-corrected chi connectivity index (χ1v) is 12.3. The second kappa shape index (κ2) is 8.86. The number of ether oxygens (including phenoxy) is 1. The van der Waals surface area contributed by atoms with E-state index in [9.17, 15) is 8.42 Å². The van der Waals surface area contributed by atoms with E-state index >= 15 is 0 Å². The Bertz CT molecular complexity index is 519. The van der Waals surface area contributed by atoms with Crippen molar-refractivity contribution in [3.8, 4) is 0 Å². The Hall–Kier alpha value is 0.1000. The monoisotopic (exact) mass is 392 g/mol. The molecule has 0 bridgehead atoms. The van der Waals surface area contributed by atoms with Gasteiger partial charge in [0.25, 0.3) is 0 Å². The predicted molar refractivity (Wildman–Crippen MR) is 103 cm³/mol. The van der Waals surface area contributed by atoms with Gasteiger partial charge in [-0.1, -0.05) is 0 Å². The Morgan fingerprint density at radius 3 is 2.64 bits per heavy atom. The molecule has 3 aliphatic heterocycles. The van der Waals surface area contributed by atoms with E-state index in [4.69, 9.17) is 4.74 Å². The minimum absolute atomic E-state index is 0.0637. The Labute approximate surface area is 155 Å². The highest BCUT2D eigenvalue weighted by molar-refractivity contribution is 8.00. The molecule has 3 rings (SSSR count). The number of piperidine rings is 1. The van der Waals surface area contributed by atoms with Gasteiger partial charge in [-0.15, -0.1) is 0 Å². The average molecular weight is 393 g/mol. The van der Waals surface area contributed by atoms with Crippen LogP contribution in [0.5, 0.6) is 0 Å². The minimum atomic E-state index is -2.97. The molecule has 0 aromatic carbocycles. The maximum Gasteiger partial charge on any atom is 0.151 e. The number of hydrogen-bond acceptors (Lipinski definition) is 8. The lowest BCUT2D eigenvalue weighted by atomic mass is 9.95. The minimum Gasteiger partial charge on any atom is -0.365 e. The zero-order valence-corrected chi connectivity index (χ0v) is 16.8. The first-order chi connectivity index (χ1) is 12.0. The van der Waals surface area contributed by atoms with Crippen molar-refractivity contribution in [1.29, 1.82) is 0 Å². The summed E-state index contributed by atoms with van der Waals surface area (Å²) in [4.78, 5) is 0. The molecular formula is C16H32N4O3S2. The van der Waals surface area contributed by atoms with Gasteiger partial charge >= 0.3 is 0 Å². The molecule has 7 nitrogen and oxygen atoms in total. The quantitative estimate of drug-likeness (QED) is 0.481. The molecule has 4 N–H and O–H groups in total. The van der Waals surface area contributed by atoms with E-state index in [0.717, 1.165) is 24.8 Å². The summed E-state index contributed by atoms with van der Waals surface area (Å²) in [5.74, 6) is 1.28. The van der Waals surface area contributed by atoms with Gasteiger partial charge in [0.1, 0.15) is 6.23 Å². The first-order valence-electron chi connectivity index (χ1n) is 9.27. The van der Waals surface area contributed by atoms with E-state index in [1.54, 1.807) is 7.11 Å². The summed E-state index contributed by atoms with van der Waals surface area (Å²) in [6.07, 6.45) is 5.66. The molecule has 6 atom stereocenters. The summed E-state index contributed by atoms with van der Waals surface area (Å²) in [6, 6.07) is 0.328. The molecule has 3 heterocycles. The van der Waals surface area contributed by atoms with Gasteiger partial charge in [-0.25, -0.2) is 8.42 Å². The highest BCUT2D eigenvalue weighted by Gasteiger charge is 2.38. The molecule has 3 fully saturated rings. The first kappa shape index (κ1) is 19.9. The van der Waals surface area contributed by atoms with Gasteiger partial charge in [0.05, 0.1) is 17.5 Å². The summed E-state index contributed by atoms with van der Waals surface area (Å²) in [5.41, 5.74) is 0. The Balaban J connectivity index is 1.52. The average Bonchev–Trinajstić information content (AvgIpc) is 3.12. The summed E-state index contributed by atoms with van der Waals surface area (Å²) in [5, 5.41) is 14.7. The summed E-state index contributed by atoms with van der Waals surface area (Å²) in [7, 11) is -1.25. The molecule has 146 valence electrons. The number of piperazine rings is 1. The largest absolute Gasteiger partial charge is 0.365 e. The van der Waals surface area contributed by atoms with Crippen LogP contribution in [0.1, 0.15) is 25.7 Å². The van der Waals surface area contributed by atoms with Crippen LogP contribution in [-0.2, 0) is 14.6 Å². The maximum absolute atomic E-state index is 11.7. The molecule has 0 aliphatic carbocycles. The fraction of sp³-hybridized carbons (Fsp3) is 1.00. The molecule has 0 aromatic heterocycles. The van der Waals surface area contributed by atoms with Gasteiger partial charge in [-0.05, 0) is 31.4 Å². The smallest absolute Gasteiger partial charge is 0.151 e. The normalized spacial score (nSPS) is 40.2. The number of thioether (sulfide) groups is 1. The zero-order chi connectivity index (χ0) is 17.9. The maximum atomic E-state index is 11.7. The lowest BCUT2D eigenvalue weighted by Crippen LogP contribution is -2.71. The van der Waals surface area contributed by atoms with Gasteiger partial charge in [0, 0.05) is 44.3 Å². The van der Waals surface area contributed by atoms with Gasteiger partial charge in [-0.2, -0.15) is 11.8 Å². The lowest BCUT2D eigenvalue weighted by molar-refractivity contribution is -0.00219. The number of sulfone groups is 1. The van der Waals surface area contributed by atoms with Crippen molar-refractivity contribution < 1.29 is 13.2 Å². The number of nitrogens with one attached hydrogen (secondary N) is 4. The fourth-order valence-electron chi connectivity index (χ4n) is 4.03. The van der Waals surface area contributed by atoms with Gasteiger partial charge < -0.3 is 10.1 Å². The van der Waals surface area contributed by atoms with Crippen LogP contribution in [0, 0.1) is 0 Å². The molecule has 0 aromatic rings. The van der Waals surface area contributed by atoms with Crippen molar-refractivity contribution in [1.82, 2.24) is 21.3 Å². The molecular weight excluding hydrogens is 360 g/mol. The van der Waals surface area contributed by atoms with E-state index in [0.29, 0.717) is 13.0 Å². The third kappa shape index (κ3) is 5.31. The van der Waals surface area contributed by atoms with E-state index < -0.39 is 9.84 Å². The van der Waals surface area contributed by atoms with Gasteiger partial charge in [0.2, 0.25) is 0 Å². The third-order valence-electron chi connectivity index (χ3n) is 5.56. The highest BCUT2D eigenvalue weighted by Crippen LogP contribution is 2.25. The van der Waals surface area contributed by atoms with Crippen LogP contribution >= 0.6 is 11.8 Å². The van der Waals surface area contributed by atoms with Crippen LogP contribution in [0.4, 0.5) is 0 Å². The molecule has 0 amide bonds. The molecule has 9 heteroatoms. The van der Waals surface area contributed by atoms with Crippen LogP contribution in [0.15, 0.2) is 0 Å². The molecule has 3 saturated heterocycles.